The predicted octanol–water partition coefficient (Wildman–Crippen LogP) is 2.16. The Kier molecular flexibility index (Phi) is 5.31. The summed E-state index contributed by atoms with van der Waals surface area (Å²) in [6, 6.07) is 9.97. The van der Waals surface area contributed by atoms with Gasteiger partial charge in [0.2, 0.25) is 5.91 Å². The SMILES string of the molecule is N#Cc1cc(-c2ccc(=N)n(C(=N)Sc3ccc4nc(NC(=O)C5CC5)cn4n3)c2)c[nH]c1=O. The number of rotatable bonds is 4. The molecule has 4 aromatic heterocycles. The van der Waals surface area contributed by atoms with E-state index >= 15 is 0 Å². The van der Waals surface area contributed by atoms with Crippen LogP contribution in [0.2, 0.25) is 0 Å². The molecular weight excluding hydrogens is 454 g/mol. The number of fused-ring (bicyclic) bond motifs is 1. The van der Waals surface area contributed by atoms with Gasteiger partial charge in [0, 0.05) is 29.4 Å². The molecule has 4 N–H and O–H groups in total. The number of nitrogens with zero attached hydrogens (tertiary/aromatic N) is 5. The first kappa shape index (κ1) is 21.4. The minimum atomic E-state index is -0.476. The van der Waals surface area contributed by atoms with Crippen LogP contribution in [-0.2, 0) is 4.79 Å². The zero-order valence-electron chi connectivity index (χ0n) is 17.6. The largest absolute Gasteiger partial charge is 0.327 e. The molecule has 0 spiro atoms. The molecule has 1 fully saturated rings. The van der Waals surface area contributed by atoms with E-state index in [0.29, 0.717) is 27.6 Å². The number of anilines is 1. The van der Waals surface area contributed by atoms with Gasteiger partial charge in [-0.25, -0.2) is 9.50 Å². The molecule has 0 saturated heterocycles. The molecule has 4 heterocycles. The minimum Gasteiger partial charge on any atom is -0.327 e. The molecule has 168 valence electrons. The number of aromatic nitrogens is 5. The highest BCUT2D eigenvalue weighted by Gasteiger charge is 2.30. The van der Waals surface area contributed by atoms with Crippen LogP contribution in [0.3, 0.4) is 0 Å². The fraction of sp³-hybridized carbons (Fsp3) is 0.136. The molecule has 11 nitrogen and oxygen atoms in total. The van der Waals surface area contributed by atoms with Crippen molar-refractivity contribution in [1.29, 1.82) is 16.1 Å². The molecule has 0 radical (unpaired) electrons. The zero-order chi connectivity index (χ0) is 23.8. The molecular formula is C22H17N9O2S. The zero-order valence-corrected chi connectivity index (χ0v) is 18.4. The summed E-state index contributed by atoms with van der Waals surface area (Å²) in [5, 5.41) is 33.6. The number of imidazole rings is 1. The molecule has 0 atom stereocenters. The fourth-order valence-electron chi connectivity index (χ4n) is 3.27. The summed E-state index contributed by atoms with van der Waals surface area (Å²) >= 11 is 1.05. The summed E-state index contributed by atoms with van der Waals surface area (Å²) in [6.45, 7) is 0. The molecule has 0 aliphatic heterocycles. The standard InChI is InChI=1S/C22H17N9O2S/c23-8-14-7-15(9-26-20(14)32)13-3-4-16(24)30(10-13)22(25)34-19-6-5-18-27-17(11-31(18)29-19)28-21(33)12-1-2-12/h3-7,9-12,24-25H,1-2H2,(H,26,32)(H,28,33). The van der Waals surface area contributed by atoms with Crippen molar-refractivity contribution in [1.82, 2.24) is 24.1 Å². The van der Waals surface area contributed by atoms with Gasteiger partial charge in [0.15, 0.2) is 16.6 Å². The van der Waals surface area contributed by atoms with Gasteiger partial charge in [0.05, 0.1) is 6.20 Å². The van der Waals surface area contributed by atoms with Crippen molar-refractivity contribution in [3.8, 4) is 17.2 Å². The topological polar surface area (TPSA) is 169 Å². The van der Waals surface area contributed by atoms with Crippen molar-refractivity contribution in [2.24, 2.45) is 5.92 Å². The number of hydrogen-bond acceptors (Lipinski definition) is 8. The number of amides is 1. The van der Waals surface area contributed by atoms with Crippen LogP contribution in [0.5, 0.6) is 0 Å². The highest BCUT2D eigenvalue weighted by molar-refractivity contribution is 8.13. The first-order chi connectivity index (χ1) is 16.4. The normalized spacial score (nSPS) is 12.9. The van der Waals surface area contributed by atoms with E-state index in [-0.39, 0.29) is 28.0 Å². The Hall–Kier alpha value is -4.50. The van der Waals surface area contributed by atoms with Gasteiger partial charge in [0.1, 0.15) is 22.1 Å². The first-order valence-corrected chi connectivity index (χ1v) is 11.1. The number of H-pyrrole nitrogens is 1. The molecule has 12 heteroatoms. The third-order valence-corrected chi connectivity index (χ3v) is 6.04. The van der Waals surface area contributed by atoms with Gasteiger partial charge in [-0.1, -0.05) is 0 Å². The highest BCUT2D eigenvalue weighted by Crippen LogP contribution is 2.30. The van der Waals surface area contributed by atoms with Gasteiger partial charge >= 0.3 is 0 Å². The summed E-state index contributed by atoms with van der Waals surface area (Å²) in [5.41, 5.74) is 1.36. The second-order valence-electron chi connectivity index (χ2n) is 7.69. The number of carbonyl (C=O) groups excluding carboxylic acids is 1. The second kappa shape index (κ2) is 8.45. The molecule has 0 unspecified atom stereocenters. The number of thioether (sulfide) groups is 1. The molecule has 0 bridgehead atoms. The van der Waals surface area contributed by atoms with E-state index in [0.717, 1.165) is 24.6 Å². The minimum absolute atomic E-state index is 0.0195. The summed E-state index contributed by atoms with van der Waals surface area (Å²) in [4.78, 5) is 30.5. The van der Waals surface area contributed by atoms with Crippen LogP contribution in [0.4, 0.5) is 5.82 Å². The van der Waals surface area contributed by atoms with Gasteiger partial charge in [-0.2, -0.15) is 10.4 Å². The van der Waals surface area contributed by atoms with Crippen LogP contribution in [0.15, 0.2) is 58.7 Å². The maximum Gasteiger partial charge on any atom is 0.265 e. The van der Waals surface area contributed by atoms with Crippen LogP contribution in [0.1, 0.15) is 18.4 Å². The summed E-state index contributed by atoms with van der Waals surface area (Å²) in [7, 11) is 0. The first-order valence-electron chi connectivity index (χ1n) is 10.3. The maximum absolute atomic E-state index is 12.0. The van der Waals surface area contributed by atoms with Gasteiger partial charge in [-0.3, -0.25) is 25.0 Å². The van der Waals surface area contributed by atoms with E-state index in [2.05, 4.69) is 20.4 Å². The van der Waals surface area contributed by atoms with Crippen molar-refractivity contribution >= 4 is 34.3 Å². The smallest absolute Gasteiger partial charge is 0.265 e. The molecule has 1 aliphatic rings. The maximum atomic E-state index is 12.0. The molecule has 34 heavy (non-hydrogen) atoms. The van der Waals surface area contributed by atoms with Crippen LogP contribution < -0.4 is 16.4 Å². The van der Waals surface area contributed by atoms with Crippen molar-refractivity contribution in [3.63, 3.8) is 0 Å². The van der Waals surface area contributed by atoms with E-state index < -0.39 is 5.56 Å². The quantitative estimate of drug-likeness (QED) is 0.202. The third-order valence-electron chi connectivity index (χ3n) is 5.22. The van der Waals surface area contributed by atoms with E-state index in [1.165, 1.54) is 27.4 Å². The lowest BCUT2D eigenvalue weighted by atomic mass is 10.1. The van der Waals surface area contributed by atoms with E-state index in [1.807, 2.05) is 6.07 Å². The number of pyridine rings is 2. The van der Waals surface area contributed by atoms with Crippen molar-refractivity contribution < 1.29 is 4.79 Å². The molecule has 5 rings (SSSR count). The van der Waals surface area contributed by atoms with Crippen LogP contribution >= 0.6 is 11.8 Å². The van der Waals surface area contributed by atoms with Crippen LogP contribution in [0.25, 0.3) is 16.8 Å². The Balaban J connectivity index is 1.39. The average molecular weight is 472 g/mol. The lowest BCUT2D eigenvalue weighted by Gasteiger charge is -2.10. The fourth-order valence-corrected chi connectivity index (χ4v) is 3.99. The highest BCUT2D eigenvalue weighted by atomic mass is 32.2. The Bertz CT molecular complexity index is 1620. The predicted molar refractivity (Wildman–Crippen MR) is 124 cm³/mol. The van der Waals surface area contributed by atoms with E-state index in [1.54, 1.807) is 30.6 Å². The van der Waals surface area contributed by atoms with Crippen molar-refractivity contribution in [2.75, 3.05) is 5.32 Å². The van der Waals surface area contributed by atoms with E-state index in [9.17, 15) is 9.59 Å². The van der Waals surface area contributed by atoms with Crippen LogP contribution in [0, 0.1) is 28.1 Å². The van der Waals surface area contributed by atoms with Crippen LogP contribution in [-0.4, -0.2) is 35.2 Å². The average Bonchev–Trinajstić information content (AvgIpc) is 3.60. The lowest BCUT2D eigenvalue weighted by molar-refractivity contribution is -0.117. The second-order valence-corrected chi connectivity index (χ2v) is 8.70. The van der Waals surface area contributed by atoms with E-state index in [4.69, 9.17) is 16.1 Å². The number of aromatic amines is 1. The van der Waals surface area contributed by atoms with Gasteiger partial charge in [-0.15, -0.1) is 0 Å². The molecule has 1 saturated carbocycles. The Labute approximate surface area is 196 Å². The molecule has 0 aromatic carbocycles. The molecule has 1 amide bonds. The van der Waals surface area contributed by atoms with Gasteiger partial charge in [0.25, 0.3) is 5.56 Å². The number of nitrogens with one attached hydrogen (secondary N) is 4. The summed E-state index contributed by atoms with van der Waals surface area (Å²) in [6.07, 6.45) is 6.50. The third kappa shape index (κ3) is 4.24. The monoisotopic (exact) mass is 471 g/mol. The lowest BCUT2D eigenvalue weighted by Crippen LogP contribution is -2.23. The summed E-state index contributed by atoms with van der Waals surface area (Å²) < 4.78 is 2.91. The van der Waals surface area contributed by atoms with Crippen molar-refractivity contribution in [3.05, 3.63) is 70.3 Å². The Morgan fingerprint density at radius 3 is 2.82 bits per heavy atom. The molecule has 1 aliphatic carbocycles. The Morgan fingerprint density at radius 1 is 1.24 bits per heavy atom. The number of hydrogen-bond donors (Lipinski definition) is 4. The molecule has 4 aromatic rings. The van der Waals surface area contributed by atoms with Crippen molar-refractivity contribution in [2.45, 2.75) is 17.9 Å². The number of nitriles is 1. The van der Waals surface area contributed by atoms with Gasteiger partial charge in [-0.05, 0) is 54.9 Å². The Morgan fingerprint density at radius 2 is 2.06 bits per heavy atom. The summed E-state index contributed by atoms with van der Waals surface area (Å²) in [5.74, 6) is 0.456. The number of carbonyl (C=O) groups is 1. The van der Waals surface area contributed by atoms with Gasteiger partial charge < -0.3 is 10.3 Å².